The first-order valence-corrected chi connectivity index (χ1v) is 39.1. The molecule has 0 saturated carbocycles. The van der Waals surface area contributed by atoms with Crippen molar-refractivity contribution in [3.05, 3.63) is 153 Å². The van der Waals surface area contributed by atoms with Gasteiger partial charge in [-0.2, -0.15) is 0 Å². The lowest BCUT2D eigenvalue weighted by molar-refractivity contribution is 0.771. The van der Waals surface area contributed by atoms with Gasteiger partial charge < -0.3 is 0 Å². The van der Waals surface area contributed by atoms with Crippen LogP contribution >= 0.6 is 0 Å². The molecule has 0 amide bonds. The molecule has 530 valence electrons. The van der Waals surface area contributed by atoms with Gasteiger partial charge in [0, 0.05) is 83.8 Å². The molecule has 0 aliphatic carbocycles. The lowest BCUT2D eigenvalue weighted by Gasteiger charge is -2.25. The van der Waals surface area contributed by atoms with Crippen LogP contribution in [0.2, 0.25) is 0 Å². The summed E-state index contributed by atoms with van der Waals surface area (Å²) in [5.74, 6) is 7.44. The molecule has 11 heteroatoms. The van der Waals surface area contributed by atoms with E-state index in [-0.39, 0.29) is 0 Å². The third-order valence-electron chi connectivity index (χ3n) is 19.4. The molecule has 7 rings (SSSR count). The first-order valence-electron chi connectivity index (χ1n) is 39.1. The number of rotatable bonds is 29. The molecule has 0 bridgehead atoms. The molecule has 0 radical (unpaired) electrons. The first-order chi connectivity index (χ1) is 46.4. The van der Waals surface area contributed by atoms with Gasteiger partial charge in [-0.25, -0.2) is 49.8 Å². The zero-order valence-corrected chi connectivity index (χ0v) is 66.5. The Kier molecular flexibility index (Phi) is 38.4. The molecular formula is C85H135N11. The van der Waals surface area contributed by atoms with Crippen LogP contribution in [-0.2, 0) is 173 Å². The maximum absolute atomic E-state index is 5.15. The van der Waals surface area contributed by atoms with Gasteiger partial charge in [0.1, 0.15) is 34.9 Å². The van der Waals surface area contributed by atoms with E-state index in [1.807, 2.05) is 0 Å². The quantitative estimate of drug-likeness (QED) is 0.0442. The Hall–Kier alpha value is -6.23. The van der Waals surface area contributed by atoms with Crippen LogP contribution in [0.25, 0.3) is 22.8 Å². The van der Waals surface area contributed by atoms with Gasteiger partial charge in [0.25, 0.3) is 0 Å². The van der Waals surface area contributed by atoms with Crippen LogP contribution < -0.4 is 0 Å². The first kappa shape index (κ1) is 84.0. The van der Waals surface area contributed by atoms with Crippen molar-refractivity contribution in [2.24, 2.45) is 0 Å². The Morgan fingerprint density at radius 1 is 0.125 bits per heavy atom. The summed E-state index contributed by atoms with van der Waals surface area (Å²) in [5.41, 5.74) is 32.8. The minimum atomic E-state index is 0.847. The minimum absolute atomic E-state index is 0.847. The minimum Gasteiger partial charge on any atom is -0.257 e. The normalized spacial score (nSPS) is 10.9. The van der Waals surface area contributed by atoms with Crippen LogP contribution in [0.4, 0.5) is 0 Å². The predicted molar refractivity (Wildman–Crippen MR) is 412 cm³/mol. The van der Waals surface area contributed by atoms with E-state index in [2.05, 4.69) is 217 Å². The van der Waals surface area contributed by atoms with E-state index in [1.54, 1.807) is 27.8 Å². The highest BCUT2D eigenvalue weighted by Crippen LogP contribution is 2.39. The number of benzene rings is 2. The number of hydrogen-bond acceptors (Lipinski definition) is 11. The standard InChI is InChI=1S/C26H40N2.C23H35N3.C15H25N.C12H20N2.C9H15N3/c1-9-17-18(10-2)20(12-4)25(21(13-5)19(17)11-3)26-27-23(15-7)22(14-6)24(16-8)28-26;1-8-15-16(9-2)18(11-4)22(19(12-5)17(15)10-3)23-25-20(13-6)24-21(14-7)26-23;1-6-11-12(7-2)14(9-4)16-15(10-5)13(11)8-3;1-5-9-10(6-2)13-12(8-4)14-11(9)7-3;1-4-7-10-8(5-2)12-9(6-3)11-7/h9-16H2,1-8H3;8-14H2,1-7H3;6-10H2,1-5H3;5-8H2,1-4H3;4-6H2,1-3H3. The molecule has 0 atom stereocenters. The van der Waals surface area contributed by atoms with Crippen LogP contribution in [0.3, 0.4) is 0 Å². The highest BCUT2D eigenvalue weighted by Gasteiger charge is 2.26. The number of pyridine rings is 1. The maximum atomic E-state index is 5.15. The van der Waals surface area contributed by atoms with Crippen molar-refractivity contribution in [3.63, 3.8) is 0 Å². The fourth-order valence-electron chi connectivity index (χ4n) is 14.8. The molecule has 0 N–H and O–H groups in total. The van der Waals surface area contributed by atoms with Gasteiger partial charge in [0.15, 0.2) is 11.6 Å². The number of aryl methyl sites for hydroxylation is 12. The summed E-state index contributed by atoms with van der Waals surface area (Å²) >= 11 is 0. The van der Waals surface area contributed by atoms with E-state index in [0.29, 0.717) is 0 Å². The van der Waals surface area contributed by atoms with Gasteiger partial charge in [0.2, 0.25) is 0 Å². The Balaban J connectivity index is 0.000000325. The Bertz CT molecular complexity index is 3300. The Labute approximate surface area is 587 Å². The van der Waals surface area contributed by atoms with Crippen LogP contribution in [0.5, 0.6) is 0 Å². The highest BCUT2D eigenvalue weighted by molar-refractivity contribution is 5.73. The molecule has 0 spiro atoms. The van der Waals surface area contributed by atoms with Crippen molar-refractivity contribution in [1.82, 2.24) is 54.8 Å². The van der Waals surface area contributed by atoms with Crippen molar-refractivity contribution in [2.45, 2.75) is 360 Å². The number of nitrogens with zero attached hydrogens (tertiary/aromatic N) is 11. The zero-order valence-electron chi connectivity index (χ0n) is 66.5. The van der Waals surface area contributed by atoms with E-state index in [9.17, 15) is 0 Å². The predicted octanol–water partition coefficient (Wildman–Crippen LogP) is 20.3. The summed E-state index contributed by atoms with van der Waals surface area (Å²) < 4.78 is 0. The Morgan fingerprint density at radius 2 is 0.292 bits per heavy atom. The monoisotopic (exact) mass is 1310 g/mol. The largest absolute Gasteiger partial charge is 0.257 e. The van der Waals surface area contributed by atoms with E-state index in [0.717, 1.165) is 220 Å². The SMILES string of the molecule is CCc1nc(-c2c(CC)c(CC)c(CC)c(CC)c2CC)nc(CC)c1CC.CCc1nc(CC)c(CC)c(CC)c1CC.CCc1nc(CC)c(CC)c(CC)n1.CCc1nc(CC)nc(-c2c(CC)c(CC)c(CC)c(CC)c2CC)n1.CCc1nc(CC)nc(CC)n1. The van der Waals surface area contributed by atoms with Gasteiger partial charge in [-0.1, -0.05) is 187 Å². The van der Waals surface area contributed by atoms with Crippen molar-refractivity contribution >= 4 is 0 Å². The van der Waals surface area contributed by atoms with Crippen LogP contribution in [0, 0.1) is 0 Å². The summed E-state index contributed by atoms with van der Waals surface area (Å²) in [6, 6.07) is 0. The van der Waals surface area contributed by atoms with Crippen molar-refractivity contribution in [1.29, 1.82) is 0 Å². The summed E-state index contributed by atoms with van der Waals surface area (Å²) in [6.45, 7) is 59.8. The van der Waals surface area contributed by atoms with Gasteiger partial charge in [-0.05, 0) is 218 Å². The van der Waals surface area contributed by atoms with E-state index >= 15 is 0 Å². The topological polar surface area (TPSA) is 142 Å². The summed E-state index contributed by atoms with van der Waals surface area (Å²) in [6.07, 6.45) is 27.6. The lowest BCUT2D eigenvalue weighted by atomic mass is 9.81. The van der Waals surface area contributed by atoms with Gasteiger partial charge in [-0.3, -0.25) is 4.98 Å². The highest BCUT2D eigenvalue weighted by atomic mass is 15.0. The molecule has 0 saturated heterocycles. The molecule has 2 aromatic carbocycles. The molecule has 96 heavy (non-hydrogen) atoms. The third-order valence-corrected chi connectivity index (χ3v) is 19.4. The molecule has 0 unspecified atom stereocenters. The van der Waals surface area contributed by atoms with E-state index < -0.39 is 0 Å². The van der Waals surface area contributed by atoms with Crippen LogP contribution in [0.15, 0.2) is 0 Å². The second-order valence-electron chi connectivity index (χ2n) is 24.5. The van der Waals surface area contributed by atoms with Crippen LogP contribution in [0.1, 0.15) is 340 Å². The maximum Gasteiger partial charge on any atom is 0.163 e. The molecule has 5 heterocycles. The van der Waals surface area contributed by atoms with Gasteiger partial charge >= 0.3 is 0 Å². The second-order valence-corrected chi connectivity index (χ2v) is 24.5. The number of hydrogen-bond donors (Lipinski definition) is 0. The van der Waals surface area contributed by atoms with Crippen molar-refractivity contribution in [3.8, 4) is 22.8 Å². The summed E-state index contributed by atoms with van der Waals surface area (Å²) in [5, 5.41) is 0. The molecule has 0 aliphatic rings. The smallest absolute Gasteiger partial charge is 0.163 e. The molecule has 11 nitrogen and oxygen atoms in total. The van der Waals surface area contributed by atoms with Gasteiger partial charge in [-0.15, -0.1) is 0 Å². The number of aromatic nitrogens is 11. The third kappa shape index (κ3) is 20.4. The molecule has 5 aromatic heterocycles. The molecule has 0 fully saturated rings. The van der Waals surface area contributed by atoms with E-state index in [4.69, 9.17) is 24.9 Å². The average Bonchev–Trinajstić information content (AvgIpc) is 0.740. The second kappa shape index (κ2) is 43.9. The average molecular weight is 1310 g/mol. The van der Waals surface area contributed by atoms with Crippen LogP contribution in [-0.4, -0.2) is 54.8 Å². The fourth-order valence-corrected chi connectivity index (χ4v) is 14.8. The van der Waals surface area contributed by atoms with Crippen molar-refractivity contribution in [2.75, 3.05) is 0 Å². The lowest BCUT2D eigenvalue weighted by Crippen LogP contribution is -2.13. The molecule has 7 aromatic rings. The zero-order chi connectivity index (χ0) is 71.8. The van der Waals surface area contributed by atoms with Gasteiger partial charge in [0.05, 0.1) is 0 Å². The fraction of sp³-hybridized carbons (Fsp3) is 0.635. The summed E-state index contributed by atoms with van der Waals surface area (Å²) in [4.78, 5) is 51.6. The van der Waals surface area contributed by atoms with E-state index in [1.165, 1.54) is 101 Å². The Morgan fingerprint density at radius 3 is 0.500 bits per heavy atom. The summed E-state index contributed by atoms with van der Waals surface area (Å²) in [7, 11) is 0. The molecule has 0 aliphatic heterocycles. The van der Waals surface area contributed by atoms with Crippen molar-refractivity contribution < 1.29 is 0 Å². The molecular weight excluding hydrogens is 1180 g/mol.